The van der Waals surface area contributed by atoms with E-state index >= 15 is 0 Å². The molecule has 0 aliphatic heterocycles. The minimum absolute atomic E-state index is 0.190. The summed E-state index contributed by atoms with van der Waals surface area (Å²) in [4.78, 5) is 26.1. The van der Waals surface area contributed by atoms with Crippen molar-refractivity contribution in [1.29, 1.82) is 5.26 Å². The van der Waals surface area contributed by atoms with Gasteiger partial charge in [-0.1, -0.05) is 30.9 Å². The number of benzene rings is 1. The number of nitriles is 1. The number of hydrogen-bond donors (Lipinski definition) is 0. The maximum absolute atomic E-state index is 13.7. The molecule has 1 aromatic rings. The van der Waals surface area contributed by atoms with Crippen LogP contribution in [0.1, 0.15) is 49.4 Å². The topological polar surface area (TPSA) is 70.4 Å². The number of likely N-dealkylation sites (N-methyl/N-ethyl adjacent to an activating group) is 1. The lowest BCUT2D eigenvalue weighted by Crippen LogP contribution is -2.53. The standard InChI is InChI=1S/C18H20ClFN2O3/c1-12(25-17(24)14-10-13(19)6-7-15(14)20)16(23)22(2)18(11-21)8-4-3-5-9-18/h6-7,10,12H,3-5,8-9H2,1-2H3/t12-/m0/s1. The zero-order valence-corrected chi connectivity index (χ0v) is 15.0. The number of amides is 1. The van der Waals surface area contributed by atoms with Crippen LogP contribution in [0.5, 0.6) is 0 Å². The summed E-state index contributed by atoms with van der Waals surface area (Å²) in [5.74, 6) is -2.23. The molecule has 1 amide bonds. The minimum Gasteiger partial charge on any atom is -0.449 e. The molecule has 2 rings (SSSR count). The molecule has 1 aliphatic rings. The largest absolute Gasteiger partial charge is 0.449 e. The van der Waals surface area contributed by atoms with Gasteiger partial charge in [-0.15, -0.1) is 0 Å². The average molecular weight is 367 g/mol. The summed E-state index contributed by atoms with van der Waals surface area (Å²) >= 11 is 5.76. The van der Waals surface area contributed by atoms with Gasteiger partial charge in [-0.25, -0.2) is 9.18 Å². The van der Waals surface area contributed by atoms with Crippen LogP contribution >= 0.6 is 11.6 Å². The Morgan fingerprint density at radius 1 is 1.36 bits per heavy atom. The van der Waals surface area contributed by atoms with Crippen LogP contribution in [-0.2, 0) is 9.53 Å². The highest BCUT2D eigenvalue weighted by Crippen LogP contribution is 2.33. The van der Waals surface area contributed by atoms with Crippen molar-refractivity contribution in [1.82, 2.24) is 4.90 Å². The van der Waals surface area contributed by atoms with Crippen LogP contribution in [0.25, 0.3) is 0 Å². The molecule has 1 atom stereocenters. The summed E-state index contributed by atoms with van der Waals surface area (Å²) in [6.07, 6.45) is 2.82. The van der Waals surface area contributed by atoms with Crippen LogP contribution in [0.15, 0.2) is 18.2 Å². The molecule has 1 fully saturated rings. The maximum atomic E-state index is 13.7. The molecule has 7 heteroatoms. The molecule has 134 valence electrons. The Bertz CT molecular complexity index is 711. The number of hydrogen-bond acceptors (Lipinski definition) is 4. The Hall–Kier alpha value is -2.13. The predicted molar refractivity (Wildman–Crippen MR) is 90.5 cm³/mol. The van der Waals surface area contributed by atoms with Crippen molar-refractivity contribution in [2.45, 2.75) is 50.7 Å². The first kappa shape index (κ1) is 19.2. The maximum Gasteiger partial charge on any atom is 0.341 e. The molecule has 0 saturated heterocycles. The lowest BCUT2D eigenvalue weighted by Gasteiger charge is -2.39. The van der Waals surface area contributed by atoms with Crippen molar-refractivity contribution in [3.8, 4) is 6.07 Å². The van der Waals surface area contributed by atoms with E-state index in [-0.39, 0.29) is 10.6 Å². The van der Waals surface area contributed by atoms with Gasteiger partial charge in [0.1, 0.15) is 11.4 Å². The van der Waals surface area contributed by atoms with E-state index in [1.807, 2.05) is 0 Å². The molecular formula is C18H20ClFN2O3. The number of ether oxygens (including phenoxy) is 1. The molecule has 0 aromatic heterocycles. The first-order chi connectivity index (χ1) is 11.8. The predicted octanol–water partition coefficient (Wildman–Crippen LogP) is 3.71. The van der Waals surface area contributed by atoms with Crippen molar-refractivity contribution >= 4 is 23.5 Å². The number of rotatable bonds is 4. The van der Waals surface area contributed by atoms with E-state index in [2.05, 4.69) is 6.07 Å². The van der Waals surface area contributed by atoms with E-state index in [1.54, 1.807) is 7.05 Å². The quantitative estimate of drug-likeness (QED) is 0.761. The second-order valence-electron chi connectivity index (χ2n) is 6.27. The van der Waals surface area contributed by atoms with Gasteiger partial charge in [-0.2, -0.15) is 5.26 Å². The van der Waals surface area contributed by atoms with Gasteiger partial charge in [0.2, 0.25) is 0 Å². The summed E-state index contributed by atoms with van der Waals surface area (Å²) in [7, 11) is 1.54. The highest BCUT2D eigenvalue weighted by atomic mass is 35.5. The normalized spacial score (nSPS) is 17.2. The van der Waals surface area contributed by atoms with Gasteiger partial charge in [0.25, 0.3) is 5.91 Å². The fourth-order valence-corrected chi connectivity index (χ4v) is 3.24. The summed E-state index contributed by atoms with van der Waals surface area (Å²) in [6.45, 7) is 1.41. The van der Waals surface area contributed by atoms with Crippen LogP contribution in [0.3, 0.4) is 0 Å². The zero-order chi connectivity index (χ0) is 18.6. The zero-order valence-electron chi connectivity index (χ0n) is 14.2. The third kappa shape index (κ3) is 4.10. The molecule has 0 spiro atoms. The molecule has 5 nitrogen and oxygen atoms in total. The fourth-order valence-electron chi connectivity index (χ4n) is 3.07. The van der Waals surface area contributed by atoms with Gasteiger partial charge >= 0.3 is 5.97 Å². The van der Waals surface area contributed by atoms with Crippen molar-refractivity contribution < 1.29 is 18.7 Å². The highest BCUT2D eigenvalue weighted by molar-refractivity contribution is 6.30. The average Bonchev–Trinajstić information content (AvgIpc) is 2.62. The van der Waals surface area contributed by atoms with Crippen LogP contribution < -0.4 is 0 Å². The van der Waals surface area contributed by atoms with Crippen LogP contribution in [-0.4, -0.2) is 35.5 Å². The number of esters is 1. The SMILES string of the molecule is C[C@H](OC(=O)c1cc(Cl)ccc1F)C(=O)N(C)C1(C#N)CCCCC1. The van der Waals surface area contributed by atoms with Gasteiger partial charge < -0.3 is 9.64 Å². The molecule has 1 saturated carbocycles. The summed E-state index contributed by atoms with van der Waals surface area (Å²) in [5.41, 5.74) is -1.21. The second-order valence-corrected chi connectivity index (χ2v) is 6.71. The molecule has 1 aliphatic carbocycles. The van der Waals surface area contributed by atoms with Gasteiger partial charge in [-0.3, -0.25) is 4.79 Å². The highest BCUT2D eigenvalue weighted by Gasteiger charge is 2.40. The van der Waals surface area contributed by atoms with E-state index in [0.717, 1.165) is 31.4 Å². The Labute approximate surface area is 151 Å². The van der Waals surface area contributed by atoms with E-state index in [0.29, 0.717) is 12.8 Å². The first-order valence-corrected chi connectivity index (χ1v) is 8.53. The van der Waals surface area contributed by atoms with Gasteiger partial charge in [0.15, 0.2) is 6.10 Å². The fraction of sp³-hybridized carbons (Fsp3) is 0.500. The summed E-state index contributed by atoms with van der Waals surface area (Å²) in [5, 5.41) is 9.74. The Balaban J connectivity index is 2.10. The number of nitrogens with zero attached hydrogens (tertiary/aromatic N) is 2. The monoisotopic (exact) mass is 366 g/mol. The molecular weight excluding hydrogens is 347 g/mol. The third-order valence-corrected chi connectivity index (χ3v) is 4.88. The lowest BCUT2D eigenvalue weighted by molar-refractivity contribution is -0.143. The number of carbonyl (C=O) groups excluding carboxylic acids is 2. The molecule has 0 N–H and O–H groups in total. The molecule has 0 radical (unpaired) electrons. The van der Waals surface area contributed by atoms with Crippen LogP contribution in [0.4, 0.5) is 4.39 Å². The molecule has 1 aromatic carbocycles. The van der Waals surface area contributed by atoms with Gasteiger partial charge in [0.05, 0.1) is 11.6 Å². The lowest BCUT2D eigenvalue weighted by atomic mass is 9.81. The molecule has 0 unspecified atom stereocenters. The van der Waals surface area contributed by atoms with Gasteiger partial charge in [0, 0.05) is 12.1 Å². The first-order valence-electron chi connectivity index (χ1n) is 8.16. The van der Waals surface area contributed by atoms with Crippen LogP contribution in [0.2, 0.25) is 5.02 Å². The van der Waals surface area contributed by atoms with Crippen molar-refractivity contribution in [3.05, 3.63) is 34.6 Å². The minimum atomic E-state index is -1.14. The van der Waals surface area contributed by atoms with E-state index in [4.69, 9.17) is 16.3 Å². The smallest absolute Gasteiger partial charge is 0.341 e. The second kappa shape index (κ2) is 7.83. The van der Waals surface area contributed by atoms with Crippen molar-refractivity contribution in [3.63, 3.8) is 0 Å². The Morgan fingerprint density at radius 3 is 2.60 bits per heavy atom. The third-order valence-electron chi connectivity index (χ3n) is 4.64. The van der Waals surface area contributed by atoms with Crippen LogP contribution in [0, 0.1) is 17.1 Å². The molecule has 0 heterocycles. The summed E-state index contributed by atoms with van der Waals surface area (Å²) < 4.78 is 18.8. The van der Waals surface area contributed by atoms with E-state index < -0.39 is 29.3 Å². The van der Waals surface area contributed by atoms with Crippen molar-refractivity contribution in [2.75, 3.05) is 7.05 Å². The Kier molecular flexibility index (Phi) is 6.02. The van der Waals surface area contributed by atoms with Gasteiger partial charge in [-0.05, 0) is 38.0 Å². The molecule has 25 heavy (non-hydrogen) atoms. The molecule has 0 bridgehead atoms. The van der Waals surface area contributed by atoms with E-state index in [1.165, 1.54) is 17.9 Å². The number of halogens is 2. The van der Waals surface area contributed by atoms with Crippen molar-refractivity contribution in [2.24, 2.45) is 0 Å². The summed E-state index contributed by atoms with van der Waals surface area (Å²) in [6, 6.07) is 5.77. The Morgan fingerprint density at radius 2 is 2.00 bits per heavy atom. The number of carbonyl (C=O) groups is 2. The van der Waals surface area contributed by atoms with E-state index in [9.17, 15) is 19.2 Å².